The van der Waals surface area contributed by atoms with Gasteiger partial charge < -0.3 is 9.31 Å². The molecule has 1 aromatic heterocycles. The number of hydrogen-bond donors (Lipinski definition) is 0. The van der Waals surface area contributed by atoms with Crippen molar-refractivity contribution in [1.29, 1.82) is 5.26 Å². The van der Waals surface area contributed by atoms with Gasteiger partial charge in [0.2, 0.25) is 0 Å². The molecular formula is C14H18BNO2S. The Balaban J connectivity index is 1.90. The quantitative estimate of drug-likeness (QED) is 0.779. The van der Waals surface area contributed by atoms with Crippen LogP contribution in [0.3, 0.4) is 0 Å². The molecule has 3 rings (SSSR count). The normalized spacial score (nSPS) is 24.5. The van der Waals surface area contributed by atoms with E-state index in [9.17, 15) is 5.26 Å². The number of nitriles is 1. The molecule has 1 aromatic rings. The zero-order valence-corrected chi connectivity index (χ0v) is 12.6. The Morgan fingerprint density at radius 1 is 1.26 bits per heavy atom. The number of thiophene rings is 1. The SMILES string of the molecule is CC1(C)OB(c2cc(C3CC3)c(C#N)s2)OC1(C)C. The first kappa shape index (κ1) is 13.2. The van der Waals surface area contributed by atoms with E-state index in [1.54, 1.807) is 0 Å². The minimum atomic E-state index is -0.338. The third-order valence-corrected chi connectivity index (χ3v) is 5.46. The van der Waals surface area contributed by atoms with Crippen LogP contribution in [0, 0.1) is 11.3 Å². The molecule has 0 aromatic carbocycles. The van der Waals surface area contributed by atoms with Gasteiger partial charge in [-0.05, 0) is 58.1 Å². The first-order valence-corrected chi connectivity index (χ1v) is 7.55. The van der Waals surface area contributed by atoms with Crippen molar-refractivity contribution in [3.8, 4) is 6.07 Å². The monoisotopic (exact) mass is 275 g/mol. The van der Waals surface area contributed by atoms with E-state index in [0.29, 0.717) is 5.92 Å². The molecule has 0 spiro atoms. The third kappa shape index (κ3) is 2.12. The molecular weight excluding hydrogens is 257 g/mol. The summed E-state index contributed by atoms with van der Waals surface area (Å²) >= 11 is 1.52. The zero-order valence-electron chi connectivity index (χ0n) is 11.8. The molecule has 0 atom stereocenters. The van der Waals surface area contributed by atoms with Gasteiger partial charge in [-0.25, -0.2) is 0 Å². The Morgan fingerprint density at radius 3 is 2.32 bits per heavy atom. The number of nitrogens with zero attached hydrogens (tertiary/aromatic N) is 1. The Kier molecular flexibility index (Phi) is 2.83. The topological polar surface area (TPSA) is 42.2 Å². The highest BCUT2D eigenvalue weighted by molar-refractivity contribution is 7.23. The maximum Gasteiger partial charge on any atom is 0.505 e. The van der Waals surface area contributed by atoms with Gasteiger partial charge in [-0.2, -0.15) is 5.26 Å². The highest BCUT2D eigenvalue weighted by Crippen LogP contribution is 2.43. The van der Waals surface area contributed by atoms with Crippen molar-refractivity contribution >= 4 is 23.2 Å². The van der Waals surface area contributed by atoms with Crippen molar-refractivity contribution in [2.75, 3.05) is 0 Å². The molecule has 2 fully saturated rings. The van der Waals surface area contributed by atoms with Gasteiger partial charge in [-0.1, -0.05) is 0 Å². The summed E-state index contributed by atoms with van der Waals surface area (Å²) in [5.41, 5.74) is 0.541. The van der Waals surface area contributed by atoms with E-state index in [2.05, 4.69) is 12.1 Å². The molecule has 100 valence electrons. The molecule has 0 unspecified atom stereocenters. The Bertz CT molecular complexity index is 538. The molecule has 1 aliphatic carbocycles. The minimum Gasteiger partial charge on any atom is -0.399 e. The summed E-state index contributed by atoms with van der Waals surface area (Å²) in [4.78, 5) is 0.826. The predicted octanol–water partition coefficient (Wildman–Crippen LogP) is 2.80. The molecule has 0 radical (unpaired) electrons. The smallest absolute Gasteiger partial charge is 0.399 e. The van der Waals surface area contributed by atoms with Crippen LogP contribution in [0.25, 0.3) is 0 Å². The van der Waals surface area contributed by atoms with Gasteiger partial charge in [-0.3, -0.25) is 0 Å². The highest BCUT2D eigenvalue weighted by atomic mass is 32.1. The van der Waals surface area contributed by atoms with Crippen LogP contribution in [0.1, 0.15) is 56.9 Å². The van der Waals surface area contributed by atoms with Crippen molar-refractivity contribution in [2.45, 2.75) is 57.7 Å². The van der Waals surface area contributed by atoms with Crippen LogP contribution in [-0.4, -0.2) is 18.3 Å². The lowest BCUT2D eigenvalue weighted by molar-refractivity contribution is 0.00578. The summed E-state index contributed by atoms with van der Waals surface area (Å²) in [7, 11) is -0.338. The predicted molar refractivity (Wildman–Crippen MR) is 76.7 cm³/mol. The maximum absolute atomic E-state index is 9.24. The van der Waals surface area contributed by atoms with Crippen LogP contribution in [0.4, 0.5) is 0 Å². The number of rotatable bonds is 2. The first-order valence-electron chi connectivity index (χ1n) is 6.73. The van der Waals surface area contributed by atoms with Crippen molar-refractivity contribution in [2.24, 2.45) is 0 Å². The van der Waals surface area contributed by atoms with E-state index in [0.717, 1.165) is 9.65 Å². The van der Waals surface area contributed by atoms with Gasteiger partial charge in [0, 0.05) is 4.78 Å². The fraction of sp³-hybridized carbons (Fsp3) is 0.643. The van der Waals surface area contributed by atoms with E-state index in [4.69, 9.17) is 9.31 Å². The summed E-state index contributed by atoms with van der Waals surface area (Å²) in [5, 5.41) is 9.24. The molecule has 19 heavy (non-hydrogen) atoms. The van der Waals surface area contributed by atoms with E-state index >= 15 is 0 Å². The average molecular weight is 275 g/mol. The van der Waals surface area contributed by atoms with Gasteiger partial charge in [-0.15, -0.1) is 11.3 Å². The largest absolute Gasteiger partial charge is 0.505 e. The van der Waals surface area contributed by atoms with E-state index in [1.165, 1.54) is 29.7 Å². The molecule has 0 amide bonds. The van der Waals surface area contributed by atoms with E-state index < -0.39 is 0 Å². The summed E-state index contributed by atoms with van der Waals surface area (Å²) in [6, 6.07) is 4.42. The van der Waals surface area contributed by atoms with Gasteiger partial charge in [0.1, 0.15) is 10.9 Å². The summed E-state index contributed by atoms with van der Waals surface area (Å²) in [6.45, 7) is 8.20. The summed E-state index contributed by atoms with van der Waals surface area (Å²) in [5.74, 6) is 0.585. The Hall–Kier alpha value is -0.825. The summed E-state index contributed by atoms with van der Waals surface area (Å²) < 4.78 is 13.1. The standard InChI is InChI=1S/C14H18BNO2S/c1-13(2)14(3,4)18-15(17-13)12-7-10(9-5-6-9)11(8-16)19-12/h7,9H,5-6H2,1-4H3. The highest BCUT2D eigenvalue weighted by Gasteiger charge is 2.52. The molecule has 3 nitrogen and oxygen atoms in total. The van der Waals surface area contributed by atoms with Crippen LogP contribution >= 0.6 is 11.3 Å². The lowest BCUT2D eigenvalue weighted by Crippen LogP contribution is -2.41. The van der Waals surface area contributed by atoms with Crippen LogP contribution in [0.2, 0.25) is 0 Å². The molecule has 2 heterocycles. The van der Waals surface area contributed by atoms with Crippen molar-refractivity contribution in [3.05, 3.63) is 16.5 Å². The van der Waals surface area contributed by atoms with Crippen molar-refractivity contribution in [3.63, 3.8) is 0 Å². The molecule has 1 saturated carbocycles. The number of hydrogen-bond acceptors (Lipinski definition) is 4. The lowest BCUT2D eigenvalue weighted by atomic mass is 9.87. The minimum absolute atomic E-state index is 0.325. The van der Waals surface area contributed by atoms with Gasteiger partial charge in [0.25, 0.3) is 0 Å². The van der Waals surface area contributed by atoms with Crippen molar-refractivity contribution < 1.29 is 9.31 Å². The zero-order chi connectivity index (χ0) is 13.8. The fourth-order valence-electron chi connectivity index (χ4n) is 2.29. The van der Waals surface area contributed by atoms with E-state index in [1.807, 2.05) is 27.7 Å². The Morgan fingerprint density at radius 2 is 1.84 bits per heavy atom. The van der Waals surface area contributed by atoms with E-state index in [-0.39, 0.29) is 18.3 Å². The molecule has 1 aliphatic heterocycles. The second kappa shape index (κ2) is 4.08. The maximum atomic E-state index is 9.24. The van der Waals surface area contributed by atoms with Gasteiger partial charge in [0.15, 0.2) is 0 Å². The molecule has 2 aliphatic rings. The van der Waals surface area contributed by atoms with Crippen molar-refractivity contribution in [1.82, 2.24) is 0 Å². The molecule has 0 bridgehead atoms. The first-order chi connectivity index (χ1) is 8.84. The van der Waals surface area contributed by atoms with Gasteiger partial charge in [0.05, 0.1) is 11.2 Å². The molecule has 0 N–H and O–H groups in total. The second-order valence-corrected chi connectivity index (χ2v) is 7.49. The van der Waals surface area contributed by atoms with Crippen LogP contribution in [-0.2, 0) is 9.31 Å². The average Bonchev–Trinajstić information content (AvgIpc) is 3.01. The van der Waals surface area contributed by atoms with Gasteiger partial charge >= 0.3 is 7.12 Å². The van der Waals surface area contributed by atoms with Crippen LogP contribution in [0.15, 0.2) is 6.07 Å². The lowest BCUT2D eigenvalue weighted by Gasteiger charge is -2.32. The fourth-order valence-corrected chi connectivity index (χ4v) is 3.29. The van der Waals surface area contributed by atoms with Crippen LogP contribution in [0.5, 0.6) is 0 Å². The Labute approximate surface area is 118 Å². The molecule has 1 saturated heterocycles. The van der Waals surface area contributed by atoms with Crippen LogP contribution < -0.4 is 4.78 Å². The summed E-state index contributed by atoms with van der Waals surface area (Å²) in [6.07, 6.45) is 2.41. The second-order valence-electron chi connectivity index (χ2n) is 6.41. The third-order valence-electron chi connectivity index (χ3n) is 4.38. The molecule has 5 heteroatoms.